The van der Waals surface area contributed by atoms with Gasteiger partial charge in [-0.15, -0.1) is 0 Å². The van der Waals surface area contributed by atoms with Gasteiger partial charge in [0.25, 0.3) is 11.8 Å². The second-order valence-electron chi connectivity index (χ2n) is 6.01. The van der Waals surface area contributed by atoms with Crippen LogP contribution in [0, 0.1) is 0 Å². The number of methoxy groups -OCH3 is 1. The molecule has 0 fully saturated rings. The Morgan fingerprint density at radius 2 is 1.81 bits per heavy atom. The van der Waals surface area contributed by atoms with E-state index in [1.54, 1.807) is 29.8 Å². The second kappa shape index (κ2) is 8.95. The SMILES string of the molecule is COCCCNC(=O)c1nc(C(=O)NCc2ccccc2)n2ccccc12. The monoisotopic (exact) mass is 366 g/mol. The zero-order chi connectivity index (χ0) is 19.1. The molecule has 0 saturated carbocycles. The average Bonchev–Trinajstić information content (AvgIpc) is 3.10. The number of amides is 2. The van der Waals surface area contributed by atoms with Crippen molar-refractivity contribution in [2.45, 2.75) is 13.0 Å². The molecule has 2 heterocycles. The van der Waals surface area contributed by atoms with Crippen molar-refractivity contribution in [3.8, 4) is 0 Å². The molecule has 0 atom stereocenters. The number of ether oxygens (including phenoxy) is 1. The van der Waals surface area contributed by atoms with Gasteiger partial charge in [0, 0.05) is 33.0 Å². The van der Waals surface area contributed by atoms with Crippen LogP contribution in [-0.2, 0) is 11.3 Å². The number of fused-ring (bicyclic) bond motifs is 1. The van der Waals surface area contributed by atoms with Crippen LogP contribution >= 0.6 is 0 Å². The number of pyridine rings is 1. The number of carbonyl (C=O) groups is 2. The molecule has 1 aromatic carbocycles. The van der Waals surface area contributed by atoms with E-state index < -0.39 is 0 Å². The first-order valence-electron chi connectivity index (χ1n) is 8.77. The molecule has 0 aliphatic rings. The highest BCUT2D eigenvalue weighted by Gasteiger charge is 2.21. The molecule has 3 aromatic rings. The summed E-state index contributed by atoms with van der Waals surface area (Å²) in [4.78, 5) is 29.4. The van der Waals surface area contributed by atoms with Crippen molar-refractivity contribution in [3.63, 3.8) is 0 Å². The van der Waals surface area contributed by atoms with Gasteiger partial charge in [0.2, 0.25) is 5.82 Å². The number of hydrogen-bond acceptors (Lipinski definition) is 4. The van der Waals surface area contributed by atoms with E-state index in [1.807, 2.05) is 36.4 Å². The lowest BCUT2D eigenvalue weighted by Gasteiger charge is -2.04. The van der Waals surface area contributed by atoms with E-state index in [2.05, 4.69) is 15.6 Å². The number of carbonyl (C=O) groups excluding carboxylic acids is 2. The Balaban J connectivity index is 1.77. The quantitative estimate of drug-likeness (QED) is 0.598. The van der Waals surface area contributed by atoms with Gasteiger partial charge in [-0.25, -0.2) is 4.98 Å². The van der Waals surface area contributed by atoms with Crippen LogP contribution in [0.3, 0.4) is 0 Å². The van der Waals surface area contributed by atoms with Gasteiger partial charge in [0.15, 0.2) is 5.69 Å². The van der Waals surface area contributed by atoms with E-state index in [-0.39, 0.29) is 23.3 Å². The van der Waals surface area contributed by atoms with Crippen LogP contribution in [-0.4, -0.2) is 41.5 Å². The van der Waals surface area contributed by atoms with Crippen molar-refractivity contribution < 1.29 is 14.3 Å². The first kappa shape index (κ1) is 18.6. The predicted octanol–water partition coefficient (Wildman–Crippen LogP) is 2.03. The maximum absolute atomic E-state index is 12.6. The highest BCUT2D eigenvalue weighted by atomic mass is 16.5. The molecular formula is C20H22N4O3. The standard InChI is InChI=1S/C20H22N4O3/c1-27-13-7-11-21-19(25)17-16-10-5-6-12-24(16)18(23-17)20(26)22-14-15-8-3-2-4-9-15/h2-6,8-10,12H,7,11,13-14H2,1H3,(H,21,25)(H,22,26). The summed E-state index contributed by atoms with van der Waals surface area (Å²) in [6, 6.07) is 15.0. The maximum atomic E-state index is 12.6. The van der Waals surface area contributed by atoms with E-state index in [1.165, 1.54) is 0 Å². The van der Waals surface area contributed by atoms with Crippen LogP contribution in [0.15, 0.2) is 54.7 Å². The first-order chi connectivity index (χ1) is 13.2. The Labute approximate surface area is 157 Å². The summed E-state index contributed by atoms with van der Waals surface area (Å²) in [6.45, 7) is 1.44. The summed E-state index contributed by atoms with van der Waals surface area (Å²) in [5.41, 5.74) is 1.81. The lowest BCUT2D eigenvalue weighted by molar-refractivity contribution is 0.0939. The molecule has 0 aliphatic carbocycles. The van der Waals surface area contributed by atoms with Crippen LogP contribution < -0.4 is 10.6 Å². The number of nitrogens with zero attached hydrogens (tertiary/aromatic N) is 2. The number of hydrogen-bond donors (Lipinski definition) is 2. The van der Waals surface area contributed by atoms with E-state index in [4.69, 9.17) is 4.74 Å². The van der Waals surface area contributed by atoms with E-state index in [0.717, 1.165) is 5.56 Å². The van der Waals surface area contributed by atoms with Crippen LogP contribution in [0.1, 0.15) is 33.1 Å². The zero-order valence-corrected chi connectivity index (χ0v) is 15.1. The number of nitrogens with one attached hydrogen (secondary N) is 2. The van der Waals surface area contributed by atoms with E-state index in [9.17, 15) is 9.59 Å². The smallest absolute Gasteiger partial charge is 0.287 e. The molecule has 0 spiro atoms. The predicted molar refractivity (Wildman–Crippen MR) is 102 cm³/mol. The van der Waals surface area contributed by atoms with Crippen molar-refractivity contribution in [2.24, 2.45) is 0 Å². The van der Waals surface area contributed by atoms with Gasteiger partial charge in [-0.05, 0) is 24.1 Å². The van der Waals surface area contributed by atoms with Gasteiger partial charge in [-0.3, -0.25) is 14.0 Å². The lowest BCUT2D eigenvalue weighted by Crippen LogP contribution is -2.26. The molecule has 7 nitrogen and oxygen atoms in total. The van der Waals surface area contributed by atoms with Crippen LogP contribution in [0.5, 0.6) is 0 Å². The third kappa shape index (κ3) is 4.51. The lowest BCUT2D eigenvalue weighted by atomic mass is 10.2. The van der Waals surface area contributed by atoms with Gasteiger partial charge < -0.3 is 15.4 Å². The van der Waals surface area contributed by atoms with Gasteiger partial charge >= 0.3 is 0 Å². The Hall–Kier alpha value is -3.19. The number of imidazole rings is 1. The number of rotatable bonds is 8. The number of aromatic nitrogens is 2. The molecule has 7 heteroatoms. The fourth-order valence-electron chi connectivity index (χ4n) is 2.72. The molecule has 0 saturated heterocycles. The highest BCUT2D eigenvalue weighted by Crippen LogP contribution is 2.13. The minimum Gasteiger partial charge on any atom is -0.385 e. The van der Waals surface area contributed by atoms with Gasteiger partial charge in [-0.2, -0.15) is 0 Å². The molecule has 2 aromatic heterocycles. The van der Waals surface area contributed by atoms with Crippen LogP contribution in [0.25, 0.3) is 5.52 Å². The van der Waals surface area contributed by atoms with Crippen molar-refractivity contribution >= 4 is 17.3 Å². The Morgan fingerprint density at radius 3 is 2.59 bits per heavy atom. The summed E-state index contributed by atoms with van der Waals surface area (Å²) in [5.74, 6) is -0.459. The van der Waals surface area contributed by atoms with Gasteiger partial charge in [0.05, 0.1) is 5.52 Å². The molecule has 27 heavy (non-hydrogen) atoms. The second-order valence-corrected chi connectivity index (χ2v) is 6.01. The van der Waals surface area contributed by atoms with Crippen molar-refractivity contribution in [1.29, 1.82) is 0 Å². The molecule has 2 amide bonds. The highest BCUT2D eigenvalue weighted by molar-refractivity contribution is 6.02. The summed E-state index contributed by atoms with van der Waals surface area (Å²) < 4.78 is 6.60. The summed E-state index contributed by atoms with van der Waals surface area (Å²) in [6.07, 6.45) is 2.43. The average molecular weight is 366 g/mol. The summed E-state index contributed by atoms with van der Waals surface area (Å²) in [7, 11) is 1.62. The zero-order valence-electron chi connectivity index (χ0n) is 15.1. The van der Waals surface area contributed by atoms with Crippen molar-refractivity contribution in [1.82, 2.24) is 20.0 Å². The molecule has 140 valence electrons. The third-order valence-electron chi connectivity index (χ3n) is 4.07. The molecule has 0 aliphatic heterocycles. The van der Waals surface area contributed by atoms with E-state index in [0.29, 0.717) is 31.6 Å². The third-order valence-corrected chi connectivity index (χ3v) is 4.07. The topological polar surface area (TPSA) is 84.7 Å². The van der Waals surface area contributed by atoms with Crippen LogP contribution in [0.4, 0.5) is 0 Å². The molecular weight excluding hydrogens is 344 g/mol. The summed E-state index contributed by atoms with van der Waals surface area (Å²) >= 11 is 0. The minimum atomic E-state index is -0.335. The minimum absolute atomic E-state index is 0.184. The largest absolute Gasteiger partial charge is 0.385 e. The maximum Gasteiger partial charge on any atom is 0.287 e. The van der Waals surface area contributed by atoms with Gasteiger partial charge in [0.1, 0.15) is 0 Å². The normalized spacial score (nSPS) is 10.7. The molecule has 3 rings (SSSR count). The van der Waals surface area contributed by atoms with E-state index >= 15 is 0 Å². The molecule has 0 bridgehead atoms. The molecule has 0 radical (unpaired) electrons. The Kier molecular flexibility index (Phi) is 6.17. The fraction of sp³-hybridized carbons (Fsp3) is 0.250. The van der Waals surface area contributed by atoms with Gasteiger partial charge in [-0.1, -0.05) is 36.4 Å². The van der Waals surface area contributed by atoms with Crippen molar-refractivity contribution in [2.75, 3.05) is 20.3 Å². The summed E-state index contributed by atoms with van der Waals surface area (Å²) in [5, 5.41) is 5.66. The number of benzene rings is 1. The van der Waals surface area contributed by atoms with Crippen LogP contribution in [0.2, 0.25) is 0 Å². The first-order valence-corrected chi connectivity index (χ1v) is 8.77. The molecule has 0 unspecified atom stereocenters. The Bertz CT molecular complexity index is 921. The van der Waals surface area contributed by atoms with Crippen molar-refractivity contribution in [3.05, 3.63) is 71.8 Å². The molecule has 2 N–H and O–H groups in total. The Morgan fingerprint density at radius 1 is 1.04 bits per heavy atom. The fourth-order valence-corrected chi connectivity index (χ4v) is 2.72.